The van der Waals surface area contributed by atoms with Crippen molar-refractivity contribution >= 4 is 22.7 Å². The molecule has 1 aromatic heterocycles. The highest BCUT2D eigenvalue weighted by molar-refractivity contribution is 5.83. The van der Waals surface area contributed by atoms with E-state index in [0.717, 1.165) is 33.5 Å². The summed E-state index contributed by atoms with van der Waals surface area (Å²) in [7, 11) is 1.61. The van der Waals surface area contributed by atoms with E-state index in [1.165, 1.54) is 0 Å². The van der Waals surface area contributed by atoms with E-state index in [-0.39, 0.29) is 5.97 Å². The third kappa shape index (κ3) is 6.48. The first kappa shape index (κ1) is 26.5. The molecule has 4 aromatic carbocycles. The minimum absolute atomic E-state index is 0.293. The van der Waals surface area contributed by atoms with Gasteiger partial charge in [0.05, 0.1) is 25.8 Å². The molecule has 1 unspecified atom stereocenters. The van der Waals surface area contributed by atoms with Crippen molar-refractivity contribution in [3.63, 3.8) is 0 Å². The average Bonchev–Trinajstić information content (AvgIpc) is 3.39. The van der Waals surface area contributed by atoms with Gasteiger partial charge in [0, 0.05) is 23.2 Å². The van der Waals surface area contributed by atoms with E-state index in [9.17, 15) is 4.79 Å². The van der Waals surface area contributed by atoms with Gasteiger partial charge in [-0.25, -0.2) is 9.48 Å². The number of hydrogen-bond donors (Lipinski definition) is 1. The van der Waals surface area contributed by atoms with Gasteiger partial charge >= 0.3 is 5.97 Å². The van der Waals surface area contributed by atoms with Crippen molar-refractivity contribution < 1.29 is 14.3 Å². The number of rotatable bonds is 9. The second-order valence-corrected chi connectivity index (χ2v) is 9.24. The second-order valence-electron chi connectivity index (χ2n) is 9.24. The predicted octanol–water partition coefficient (Wildman–Crippen LogP) is 5.47. The zero-order valence-electron chi connectivity index (χ0n) is 22.5. The summed E-state index contributed by atoms with van der Waals surface area (Å²) in [6.45, 7) is 2.67. The molecule has 7 nitrogen and oxygen atoms in total. The molecule has 0 aliphatic heterocycles. The molecule has 200 valence electrons. The molecule has 0 bridgehead atoms. The number of ether oxygens (including phenoxy) is 2. The van der Waals surface area contributed by atoms with Gasteiger partial charge in [0.15, 0.2) is 5.52 Å². The fourth-order valence-electron chi connectivity index (χ4n) is 4.43. The molecule has 5 rings (SSSR count). The summed E-state index contributed by atoms with van der Waals surface area (Å²) in [5.74, 6) is 6.62. The van der Waals surface area contributed by atoms with Gasteiger partial charge in [-0.15, -0.1) is 5.10 Å². The van der Waals surface area contributed by atoms with Gasteiger partial charge in [0.1, 0.15) is 11.8 Å². The number of nitrogens with zero attached hydrogens (tertiary/aromatic N) is 3. The van der Waals surface area contributed by atoms with Crippen molar-refractivity contribution in [2.45, 2.75) is 25.9 Å². The van der Waals surface area contributed by atoms with Crippen LogP contribution in [0.15, 0.2) is 97.1 Å². The summed E-state index contributed by atoms with van der Waals surface area (Å²) in [6.07, 6.45) is 0.386. The topological polar surface area (TPSA) is 78.3 Å². The first-order valence-electron chi connectivity index (χ1n) is 13.2. The van der Waals surface area contributed by atoms with E-state index in [2.05, 4.69) is 27.5 Å². The summed E-state index contributed by atoms with van der Waals surface area (Å²) < 4.78 is 12.9. The highest BCUT2D eigenvalue weighted by Gasteiger charge is 2.22. The smallest absolute Gasteiger partial charge is 0.328 e. The molecule has 0 aliphatic carbocycles. The van der Waals surface area contributed by atoms with Crippen molar-refractivity contribution in [1.82, 2.24) is 15.0 Å². The van der Waals surface area contributed by atoms with E-state index in [1.54, 1.807) is 14.0 Å². The Hall–Kier alpha value is -5.09. The second kappa shape index (κ2) is 12.6. The summed E-state index contributed by atoms with van der Waals surface area (Å²) in [6, 6.07) is 30.9. The fourth-order valence-corrected chi connectivity index (χ4v) is 4.43. The molecule has 0 amide bonds. The number of methoxy groups -OCH3 is 1. The first-order valence-corrected chi connectivity index (χ1v) is 13.2. The van der Waals surface area contributed by atoms with Gasteiger partial charge in [-0.2, -0.15) is 0 Å². The number of fused-ring (bicyclic) bond motifs is 1. The fraction of sp³-hybridized carbons (Fsp3) is 0.182. The van der Waals surface area contributed by atoms with Crippen LogP contribution in [0, 0.1) is 11.8 Å². The zero-order chi connectivity index (χ0) is 27.7. The predicted molar refractivity (Wildman–Crippen MR) is 156 cm³/mol. The van der Waals surface area contributed by atoms with Gasteiger partial charge < -0.3 is 14.8 Å². The van der Waals surface area contributed by atoms with Crippen LogP contribution in [0.2, 0.25) is 0 Å². The largest absolute Gasteiger partial charge is 0.494 e. The molecule has 0 aliphatic rings. The molecule has 1 atom stereocenters. The van der Waals surface area contributed by atoms with Crippen molar-refractivity contribution in [2.75, 3.05) is 19.0 Å². The van der Waals surface area contributed by atoms with Crippen LogP contribution in [0.4, 0.5) is 5.69 Å². The lowest BCUT2D eigenvalue weighted by atomic mass is 10.0. The van der Waals surface area contributed by atoms with Crippen LogP contribution in [0.25, 0.3) is 11.0 Å². The number of benzene rings is 4. The lowest BCUT2D eigenvalue weighted by Gasteiger charge is -2.19. The molecule has 0 saturated heterocycles. The lowest BCUT2D eigenvalue weighted by molar-refractivity contribution is -0.144. The highest BCUT2D eigenvalue weighted by Crippen LogP contribution is 2.27. The maximum atomic E-state index is 13.0. The quantitative estimate of drug-likeness (QED) is 0.201. The van der Waals surface area contributed by atoms with Gasteiger partial charge in [-0.05, 0) is 66.6 Å². The molecular weight excluding hydrogens is 500 g/mol. The number of nitrogens with one attached hydrogen (secondary N) is 1. The Kier molecular flexibility index (Phi) is 8.38. The van der Waals surface area contributed by atoms with Crippen LogP contribution in [-0.2, 0) is 22.5 Å². The number of anilines is 1. The Morgan fingerprint density at radius 1 is 0.900 bits per heavy atom. The summed E-state index contributed by atoms with van der Waals surface area (Å²) in [5, 5.41) is 12.1. The number of carbonyl (C=O) groups is 1. The third-order valence-corrected chi connectivity index (χ3v) is 6.40. The van der Waals surface area contributed by atoms with Crippen molar-refractivity contribution in [1.29, 1.82) is 0 Å². The van der Waals surface area contributed by atoms with Crippen LogP contribution < -0.4 is 10.1 Å². The van der Waals surface area contributed by atoms with Crippen molar-refractivity contribution in [2.24, 2.45) is 0 Å². The minimum atomic E-state index is -0.609. The third-order valence-electron chi connectivity index (χ3n) is 6.40. The lowest BCUT2D eigenvalue weighted by Crippen LogP contribution is -2.33. The van der Waals surface area contributed by atoms with E-state index in [0.29, 0.717) is 30.8 Å². The maximum absolute atomic E-state index is 13.0. The summed E-state index contributed by atoms with van der Waals surface area (Å²) >= 11 is 0. The SMILES string of the molecule is CCOC(=O)C(Cc1cc(OC)c2nnn(Cc3ccccc3)c2c1)Nc1ccc(C#Cc2ccccc2)cc1. The Morgan fingerprint density at radius 3 is 2.25 bits per heavy atom. The standard InChI is InChI=1S/C33H30N4O3/c1-3-40-33(38)29(34-28-18-16-25(17-19-28)15-14-24-10-6-4-7-11-24)20-27-21-30-32(31(22-27)39-2)35-36-37(30)23-26-12-8-5-9-13-26/h4-13,16-19,21-22,29,34H,3,20,23H2,1-2H3. The van der Waals surface area contributed by atoms with Gasteiger partial charge in [0.25, 0.3) is 0 Å². The molecule has 0 saturated carbocycles. The Bertz CT molecular complexity index is 1640. The highest BCUT2D eigenvalue weighted by atomic mass is 16.5. The molecular formula is C33H30N4O3. The summed E-state index contributed by atoms with van der Waals surface area (Å²) in [4.78, 5) is 13.0. The Balaban J connectivity index is 1.38. The van der Waals surface area contributed by atoms with Gasteiger partial charge in [-0.3, -0.25) is 0 Å². The van der Waals surface area contributed by atoms with Gasteiger partial charge in [0.2, 0.25) is 0 Å². The normalized spacial score (nSPS) is 11.3. The van der Waals surface area contributed by atoms with Crippen LogP contribution in [-0.4, -0.2) is 40.7 Å². The van der Waals surface area contributed by atoms with Gasteiger partial charge in [-0.1, -0.05) is 65.6 Å². The van der Waals surface area contributed by atoms with Crippen LogP contribution >= 0.6 is 0 Å². The average molecular weight is 531 g/mol. The Morgan fingerprint density at radius 2 is 1.57 bits per heavy atom. The number of carbonyl (C=O) groups excluding carboxylic acids is 1. The molecule has 7 heteroatoms. The van der Waals surface area contributed by atoms with Crippen LogP contribution in [0.5, 0.6) is 5.75 Å². The maximum Gasteiger partial charge on any atom is 0.328 e. The Labute approximate surface area is 233 Å². The van der Waals surface area contributed by atoms with Crippen molar-refractivity contribution in [3.05, 3.63) is 119 Å². The molecule has 5 aromatic rings. The molecule has 1 N–H and O–H groups in total. The molecule has 1 heterocycles. The van der Waals surface area contributed by atoms with Crippen molar-refractivity contribution in [3.8, 4) is 17.6 Å². The van der Waals surface area contributed by atoms with E-state index in [4.69, 9.17) is 9.47 Å². The monoisotopic (exact) mass is 530 g/mol. The summed E-state index contributed by atoms with van der Waals surface area (Å²) in [5.41, 5.74) is 6.17. The van der Waals surface area contributed by atoms with E-state index >= 15 is 0 Å². The molecule has 0 spiro atoms. The number of hydrogen-bond acceptors (Lipinski definition) is 6. The number of aromatic nitrogens is 3. The van der Waals surface area contributed by atoms with Crippen LogP contribution in [0.3, 0.4) is 0 Å². The first-order chi connectivity index (χ1) is 19.6. The van der Waals surface area contributed by atoms with Crippen LogP contribution in [0.1, 0.15) is 29.2 Å². The molecule has 0 fully saturated rings. The minimum Gasteiger partial charge on any atom is -0.494 e. The molecule has 40 heavy (non-hydrogen) atoms. The van der Waals surface area contributed by atoms with E-state index < -0.39 is 6.04 Å². The number of esters is 1. The zero-order valence-corrected chi connectivity index (χ0v) is 22.5. The van der Waals surface area contributed by atoms with E-state index in [1.807, 2.05) is 102 Å². The molecule has 0 radical (unpaired) electrons.